The highest BCUT2D eigenvalue weighted by Gasteiger charge is 2.28. The number of nitrogens with zero attached hydrogens (tertiary/aromatic N) is 2. The topological polar surface area (TPSA) is 74.2 Å². The van der Waals surface area contributed by atoms with E-state index < -0.39 is 0 Å². The Hall–Kier alpha value is -1.51. The number of hydrogen-bond acceptors (Lipinski definition) is 4. The second-order valence-electron chi connectivity index (χ2n) is 6.79. The quantitative estimate of drug-likeness (QED) is 0.287. The van der Waals surface area contributed by atoms with Crippen LogP contribution in [0.4, 0.5) is 0 Å². The highest BCUT2D eigenvalue weighted by molar-refractivity contribution is 14.0. The number of likely N-dealkylation sites (tertiary alicyclic amines) is 1. The van der Waals surface area contributed by atoms with Gasteiger partial charge in [-0.25, -0.2) is 4.99 Å². The summed E-state index contributed by atoms with van der Waals surface area (Å²) in [7, 11) is 0. The second-order valence-corrected chi connectivity index (χ2v) is 6.79. The number of aromatic hydroxyl groups is 1. The van der Waals surface area contributed by atoms with Gasteiger partial charge in [-0.15, -0.1) is 24.0 Å². The number of piperidine rings is 1. The van der Waals surface area contributed by atoms with E-state index >= 15 is 0 Å². The van der Waals surface area contributed by atoms with Crippen molar-refractivity contribution < 1.29 is 14.6 Å². The van der Waals surface area contributed by atoms with Gasteiger partial charge in [-0.05, 0) is 57.2 Å². The van der Waals surface area contributed by atoms with Crippen molar-refractivity contribution >= 4 is 35.9 Å². The van der Waals surface area contributed by atoms with Gasteiger partial charge in [-0.1, -0.05) is 12.1 Å². The highest BCUT2D eigenvalue weighted by Crippen LogP contribution is 2.23. The Morgan fingerprint density at radius 2 is 2.00 bits per heavy atom. The van der Waals surface area contributed by atoms with Gasteiger partial charge >= 0.3 is 5.97 Å². The molecule has 152 valence electrons. The van der Waals surface area contributed by atoms with E-state index in [0.29, 0.717) is 25.4 Å². The zero-order chi connectivity index (χ0) is 19.1. The molecule has 1 aromatic carbocycles. The molecule has 6 nitrogen and oxygen atoms in total. The number of halogens is 1. The summed E-state index contributed by atoms with van der Waals surface area (Å²) in [6.07, 6.45) is 1.82. The number of ether oxygens (including phenoxy) is 1. The first-order valence-corrected chi connectivity index (χ1v) is 9.45. The molecule has 0 radical (unpaired) electrons. The van der Waals surface area contributed by atoms with Gasteiger partial charge < -0.3 is 20.1 Å². The summed E-state index contributed by atoms with van der Waals surface area (Å²) in [5.74, 6) is 0.964. The molecule has 0 aliphatic carbocycles. The fourth-order valence-electron chi connectivity index (χ4n) is 3.35. The number of phenols is 1. The summed E-state index contributed by atoms with van der Waals surface area (Å²) in [5.41, 5.74) is 2.79. The van der Waals surface area contributed by atoms with E-state index in [0.717, 1.165) is 48.6 Å². The molecule has 0 saturated carbocycles. The third kappa shape index (κ3) is 6.55. The van der Waals surface area contributed by atoms with Crippen LogP contribution in [0.15, 0.2) is 17.1 Å². The van der Waals surface area contributed by atoms with E-state index in [4.69, 9.17) is 9.73 Å². The Balaban J connectivity index is 0.00000364. The van der Waals surface area contributed by atoms with Crippen LogP contribution in [0.2, 0.25) is 0 Å². The van der Waals surface area contributed by atoms with Gasteiger partial charge in [0.05, 0.1) is 19.1 Å². The number of benzene rings is 1. The third-order valence-electron chi connectivity index (χ3n) is 4.64. The number of rotatable bonds is 5. The lowest BCUT2D eigenvalue weighted by Crippen LogP contribution is -2.48. The van der Waals surface area contributed by atoms with Crippen molar-refractivity contribution in [3.05, 3.63) is 28.8 Å². The number of phenolic OH excluding ortho intramolecular Hbond substituents is 1. The van der Waals surface area contributed by atoms with E-state index in [-0.39, 0.29) is 35.9 Å². The van der Waals surface area contributed by atoms with Crippen LogP contribution in [-0.2, 0) is 16.1 Å². The van der Waals surface area contributed by atoms with Crippen LogP contribution in [-0.4, -0.2) is 48.2 Å². The van der Waals surface area contributed by atoms with Crippen molar-refractivity contribution in [3.63, 3.8) is 0 Å². The molecule has 0 bridgehead atoms. The zero-order valence-electron chi connectivity index (χ0n) is 16.7. The van der Waals surface area contributed by atoms with Crippen LogP contribution in [0.25, 0.3) is 0 Å². The summed E-state index contributed by atoms with van der Waals surface area (Å²) in [6.45, 7) is 10.9. The van der Waals surface area contributed by atoms with Crippen molar-refractivity contribution in [2.24, 2.45) is 10.9 Å². The fraction of sp³-hybridized carbons (Fsp3) is 0.600. The van der Waals surface area contributed by atoms with Crippen LogP contribution in [0, 0.1) is 19.8 Å². The predicted molar refractivity (Wildman–Crippen MR) is 119 cm³/mol. The number of esters is 1. The molecule has 1 saturated heterocycles. The van der Waals surface area contributed by atoms with E-state index in [1.54, 1.807) is 0 Å². The summed E-state index contributed by atoms with van der Waals surface area (Å²) in [4.78, 5) is 19.0. The molecule has 1 fully saturated rings. The lowest BCUT2D eigenvalue weighted by atomic mass is 9.98. The lowest BCUT2D eigenvalue weighted by molar-refractivity contribution is -0.149. The van der Waals surface area contributed by atoms with Crippen LogP contribution >= 0.6 is 24.0 Å². The Morgan fingerprint density at radius 3 is 2.59 bits per heavy atom. The van der Waals surface area contributed by atoms with Crippen molar-refractivity contribution in [3.8, 4) is 5.75 Å². The van der Waals surface area contributed by atoms with E-state index in [9.17, 15) is 9.90 Å². The molecule has 27 heavy (non-hydrogen) atoms. The SMILES string of the molecule is CCNC(=NCc1cc(C)c(O)c(C)c1)N1CCC[C@H](C(=O)OCC)C1.I. The minimum atomic E-state index is -0.113. The molecule has 0 aromatic heterocycles. The lowest BCUT2D eigenvalue weighted by Gasteiger charge is -2.34. The minimum Gasteiger partial charge on any atom is -0.507 e. The predicted octanol–water partition coefficient (Wildman–Crippen LogP) is 3.37. The van der Waals surface area contributed by atoms with Gasteiger partial charge in [-0.2, -0.15) is 0 Å². The maximum absolute atomic E-state index is 12.1. The zero-order valence-corrected chi connectivity index (χ0v) is 19.1. The maximum atomic E-state index is 12.1. The molecule has 1 atom stereocenters. The number of aryl methyl sites for hydroxylation is 2. The molecule has 1 aliphatic heterocycles. The maximum Gasteiger partial charge on any atom is 0.310 e. The molecule has 2 N–H and O–H groups in total. The van der Waals surface area contributed by atoms with E-state index in [1.807, 2.05) is 39.8 Å². The fourth-order valence-corrected chi connectivity index (χ4v) is 3.35. The molecule has 7 heteroatoms. The first-order valence-electron chi connectivity index (χ1n) is 9.45. The molecule has 1 heterocycles. The molecule has 2 rings (SSSR count). The average Bonchev–Trinajstić information content (AvgIpc) is 2.63. The van der Waals surface area contributed by atoms with Gasteiger partial charge in [-0.3, -0.25) is 4.79 Å². The monoisotopic (exact) mass is 489 g/mol. The molecule has 1 aliphatic rings. The van der Waals surface area contributed by atoms with Gasteiger partial charge in [0.25, 0.3) is 0 Å². The Kier molecular flexibility index (Phi) is 9.90. The Labute approximate surface area is 179 Å². The standard InChI is InChI=1S/C20H31N3O3.HI/c1-5-21-20(22-12-16-10-14(3)18(24)15(4)11-16)23-9-7-8-17(13-23)19(25)26-6-2;/h10-11,17,24H,5-9,12-13H2,1-4H3,(H,21,22);1H/t17-;/m0./s1. The summed E-state index contributed by atoms with van der Waals surface area (Å²) in [5, 5.41) is 13.3. The number of hydrogen-bond donors (Lipinski definition) is 2. The number of nitrogens with one attached hydrogen (secondary N) is 1. The van der Waals surface area contributed by atoms with Crippen molar-refractivity contribution in [2.45, 2.75) is 47.1 Å². The summed E-state index contributed by atoms with van der Waals surface area (Å²) in [6, 6.07) is 3.93. The van der Waals surface area contributed by atoms with Gasteiger partial charge in [0, 0.05) is 19.6 Å². The molecular weight excluding hydrogens is 457 g/mol. The van der Waals surface area contributed by atoms with Crippen LogP contribution in [0.3, 0.4) is 0 Å². The minimum absolute atomic E-state index is 0. The van der Waals surface area contributed by atoms with Gasteiger partial charge in [0.15, 0.2) is 5.96 Å². The Bertz CT molecular complexity index is 641. The second kappa shape index (κ2) is 11.4. The largest absolute Gasteiger partial charge is 0.507 e. The first-order chi connectivity index (χ1) is 12.5. The molecule has 1 aromatic rings. The number of guanidine groups is 1. The van der Waals surface area contributed by atoms with Crippen molar-refractivity contribution in [2.75, 3.05) is 26.2 Å². The Morgan fingerprint density at radius 1 is 1.33 bits per heavy atom. The normalized spacial score (nSPS) is 17.3. The number of carbonyl (C=O) groups is 1. The highest BCUT2D eigenvalue weighted by atomic mass is 127. The number of aliphatic imine (C=N–C) groups is 1. The summed E-state index contributed by atoms with van der Waals surface area (Å²) >= 11 is 0. The van der Waals surface area contributed by atoms with Crippen molar-refractivity contribution in [1.82, 2.24) is 10.2 Å². The van der Waals surface area contributed by atoms with Crippen molar-refractivity contribution in [1.29, 1.82) is 0 Å². The average molecular weight is 489 g/mol. The molecular formula is C20H32IN3O3. The summed E-state index contributed by atoms with van der Waals surface area (Å²) < 4.78 is 5.19. The van der Waals surface area contributed by atoms with Crippen LogP contribution in [0.5, 0.6) is 5.75 Å². The van der Waals surface area contributed by atoms with E-state index in [2.05, 4.69) is 10.2 Å². The van der Waals surface area contributed by atoms with E-state index in [1.165, 1.54) is 0 Å². The molecule has 0 unspecified atom stereocenters. The van der Waals surface area contributed by atoms with Gasteiger partial charge in [0.2, 0.25) is 0 Å². The molecule has 0 spiro atoms. The van der Waals surface area contributed by atoms with Crippen LogP contribution < -0.4 is 5.32 Å². The third-order valence-corrected chi connectivity index (χ3v) is 4.64. The smallest absolute Gasteiger partial charge is 0.310 e. The first kappa shape index (κ1) is 23.5. The molecule has 0 amide bonds. The number of carbonyl (C=O) groups excluding carboxylic acids is 1. The van der Waals surface area contributed by atoms with Gasteiger partial charge in [0.1, 0.15) is 5.75 Å². The van der Waals surface area contributed by atoms with Crippen LogP contribution in [0.1, 0.15) is 43.4 Å².